The Hall–Kier alpha value is -3.64. The van der Waals surface area contributed by atoms with E-state index in [1.165, 1.54) is 12.1 Å². The van der Waals surface area contributed by atoms with Crippen molar-refractivity contribution in [1.82, 2.24) is 19.7 Å². The Labute approximate surface area is 189 Å². The molecule has 2 heterocycles. The molecule has 182 valence electrons. The third-order valence-corrected chi connectivity index (χ3v) is 4.89. The van der Waals surface area contributed by atoms with Crippen LogP contribution in [0.25, 0.3) is 16.9 Å². The number of ether oxygens (including phenoxy) is 1. The lowest BCUT2D eigenvalue weighted by Gasteiger charge is -2.32. The summed E-state index contributed by atoms with van der Waals surface area (Å²) in [6, 6.07) is 4.55. The molecule has 0 aliphatic heterocycles. The Balaban J connectivity index is 2.09. The number of carbonyl (C=O) groups is 1. The van der Waals surface area contributed by atoms with Gasteiger partial charge in [0, 0.05) is 24.6 Å². The molecule has 0 bridgehead atoms. The number of carbonyl (C=O) groups excluding carboxylic acids is 1. The van der Waals surface area contributed by atoms with E-state index in [4.69, 9.17) is 4.74 Å². The van der Waals surface area contributed by atoms with Gasteiger partial charge in [-0.1, -0.05) is 0 Å². The van der Waals surface area contributed by atoms with Gasteiger partial charge >= 0.3 is 5.92 Å². The first-order valence-electron chi connectivity index (χ1n) is 9.72. The lowest BCUT2D eigenvalue weighted by Crippen LogP contribution is -2.45. The predicted octanol–water partition coefficient (Wildman–Crippen LogP) is 4.91. The summed E-state index contributed by atoms with van der Waals surface area (Å²) in [5.41, 5.74) is -1.76. The van der Waals surface area contributed by atoms with Crippen molar-refractivity contribution >= 4 is 12.2 Å². The second-order valence-corrected chi connectivity index (χ2v) is 7.87. The number of hydrogen-bond donors (Lipinski definition) is 1. The molecule has 3 rings (SSSR count). The van der Waals surface area contributed by atoms with E-state index < -0.39 is 35.8 Å². The number of halogens is 6. The van der Waals surface area contributed by atoms with Crippen molar-refractivity contribution in [2.75, 3.05) is 12.0 Å². The summed E-state index contributed by atoms with van der Waals surface area (Å²) >= 11 is 0. The van der Waals surface area contributed by atoms with Gasteiger partial charge in [0.15, 0.2) is 18.1 Å². The third kappa shape index (κ3) is 5.13. The zero-order valence-electron chi connectivity index (χ0n) is 18.1. The number of nitrogens with zero attached hydrogens (tertiary/aromatic N) is 4. The van der Waals surface area contributed by atoms with E-state index in [2.05, 4.69) is 20.4 Å². The third-order valence-electron chi connectivity index (χ3n) is 4.89. The molecular formula is C21H19F6N5O2. The highest BCUT2D eigenvalue weighted by atomic mass is 19.3. The maximum atomic E-state index is 14.4. The molecule has 0 fully saturated rings. The normalized spacial score (nSPS) is 12.5. The molecule has 0 spiro atoms. The van der Waals surface area contributed by atoms with Crippen LogP contribution in [0.2, 0.25) is 0 Å². The smallest absolute Gasteiger partial charge is 0.334 e. The van der Waals surface area contributed by atoms with Crippen molar-refractivity contribution in [3.8, 4) is 22.7 Å². The fourth-order valence-electron chi connectivity index (χ4n) is 2.75. The zero-order valence-corrected chi connectivity index (χ0v) is 18.1. The second kappa shape index (κ2) is 8.95. The van der Waals surface area contributed by atoms with Crippen molar-refractivity contribution in [1.29, 1.82) is 0 Å². The van der Waals surface area contributed by atoms with Crippen LogP contribution in [-0.2, 0) is 10.7 Å². The minimum Gasteiger partial charge on any atom is -0.481 e. The van der Waals surface area contributed by atoms with Gasteiger partial charge in [0.2, 0.25) is 12.2 Å². The van der Waals surface area contributed by atoms with Gasteiger partial charge in [-0.3, -0.25) is 4.79 Å². The van der Waals surface area contributed by atoms with Crippen LogP contribution in [0.3, 0.4) is 0 Å². The van der Waals surface area contributed by atoms with Crippen LogP contribution in [-0.4, -0.2) is 44.4 Å². The summed E-state index contributed by atoms with van der Waals surface area (Å²) in [7, 11) is 0. The number of benzene rings is 1. The highest BCUT2D eigenvalue weighted by Crippen LogP contribution is 2.35. The standard InChI is InChI=1S/C21H19F6N5O2/c1-19(2,20(3,24)25)34-15-5-12(4-13(23)6-15)16-7-17(30-11-33)31-32(16)14-8-28-18(29-9-14)21(26,27)10-22/h4-9,11H,10H2,1-3H3,(H,30,31,33). The lowest BCUT2D eigenvalue weighted by molar-refractivity contribution is -0.133. The summed E-state index contributed by atoms with van der Waals surface area (Å²) in [6.07, 6.45) is 2.19. The molecule has 0 unspecified atom stereocenters. The van der Waals surface area contributed by atoms with E-state index >= 15 is 0 Å². The Bertz CT molecular complexity index is 1180. The quantitative estimate of drug-likeness (QED) is 0.343. The molecule has 1 amide bonds. The van der Waals surface area contributed by atoms with Gasteiger partial charge in [0.25, 0.3) is 5.92 Å². The number of amides is 1. The number of rotatable bonds is 9. The summed E-state index contributed by atoms with van der Waals surface area (Å²) in [4.78, 5) is 17.8. The molecule has 3 aromatic rings. The minimum atomic E-state index is -3.89. The van der Waals surface area contributed by atoms with E-state index in [1.807, 2.05) is 0 Å². The molecule has 1 aromatic carbocycles. The van der Waals surface area contributed by atoms with Crippen molar-refractivity contribution in [3.63, 3.8) is 0 Å². The predicted molar refractivity (Wildman–Crippen MR) is 109 cm³/mol. The maximum Gasteiger partial charge on any atom is 0.334 e. The number of aromatic nitrogens is 4. The van der Waals surface area contributed by atoms with Gasteiger partial charge in [-0.25, -0.2) is 32.2 Å². The number of anilines is 1. The Morgan fingerprint density at radius 1 is 1.06 bits per heavy atom. The van der Waals surface area contributed by atoms with E-state index in [0.717, 1.165) is 43.1 Å². The van der Waals surface area contributed by atoms with E-state index in [1.54, 1.807) is 0 Å². The first kappa shape index (κ1) is 25.0. The number of alkyl halides is 5. The number of hydrogen-bond acceptors (Lipinski definition) is 5. The molecule has 0 aliphatic rings. The molecule has 1 N–H and O–H groups in total. The Kier molecular flexibility index (Phi) is 6.58. The first-order chi connectivity index (χ1) is 15.8. The zero-order chi connectivity index (χ0) is 25.3. The molecule has 0 atom stereocenters. The Morgan fingerprint density at radius 3 is 2.26 bits per heavy atom. The van der Waals surface area contributed by atoms with Gasteiger partial charge in [0.1, 0.15) is 17.3 Å². The molecule has 0 aliphatic carbocycles. The molecule has 0 saturated carbocycles. The SMILES string of the molecule is CC(F)(F)C(C)(C)Oc1cc(F)cc(-c2cc(NC=O)nn2-c2cnc(C(F)(F)CF)nc2)c1. The van der Waals surface area contributed by atoms with Gasteiger partial charge in [0.05, 0.1) is 18.1 Å². The van der Waals surface area contributed by atoms with Gasteiger partial charge in [-0.15, -0.1) is 5.10 Å². The van der Waals surface area contributed by atoms with Crippen LogP contribution in [0, 0.1) is 5.82 Å². The largest absolute Gasteiger partial charge is 0.481 e. The summed E-state index contributed by atoms with van der Waals surface area (Å²) < 4.78 is 88.1. The molecule has 7 nitrogen and oxygen atoms in total. The molecule has 34 heavy (non-hydrogen) atoms. The lowest BCUT2D eigenvalue weighted by atomic mass is 10.0. The first-order valence-corrected chi connectivity index (χ1v) is 9.72. The van der Waals surface area contributed by atoms with Crippen molar-refractivity contribution in [3.05, 3.63) is 48.3 Å². The van der Waals surface area contributed by atoms with E-state index in [9.17, 15) is 31.1 Å². The van der Waals surface area contributed by atoms with Gasteiger partial charge < -0.3 is 10.1 Å². The Morgan fingerprint density at radius 2 is 1.71 bits per heavy atom. The molecular weight excluding hydrogens is 468 g/mol. The molecule has 13 heteroatoms. The van der Waals surface area contributed by atoms with Crippen LogP contribution in [0.15, 0.2) is 36.7 Å². The van der Waals surface area contributed by atoms with Crippen molar-refractivity contribution in [2.45, 2.75) is 38.2 Å². The average Bonchev–Trinajstić information content (AvgIpc) is 3.16. The van der Waals surface area contributed by atoms with Gasteiger partial charge in [-0.2, -0.15) is 8.78 Å². The maximum absolute atomic E-state index is 14.4. The fraction of sp³-hybridized carbons (Fsp3) is 0.333. The number of nitrogens with one attached hydrogen (secondary N) is 1. The average molecular weight is 487 g/mol. The van der Waals surface area contributed by atoms with E-state index in [0.29, 0.717) is 13.3 Å². The van der Waals surface area contributed by atoms with Crippen LogP contribution >= 0.6 is 0 Å². The van der Waals surface area contributed by atoms with Crippen LogP contribution < -0.4 is 10.1 Å². The van der Waals surface area contributed by atoms with Crippen LogP contribution in [0.1, 0.15) is 26.6 Å². The molecule has 0 saturated heterocycles. The second-order valence-electron chi connectivity index (χ2n) is 7.87. The fourth-order valence-corrected chi connectivity index (χ4v) is 2.75. The van der Waals surface area contributed by atoms with E-state index in [-0.39, 0.29) is 28.5 Å². The summed E-state index contributed by atoms with van der Waals surface area (Å²) in [5, 5.41) is 6.37. The minimum absolute atomic E-state index is 0.00434. The van der Waals surface area contributed by atoms with Crippen molar-refractivity contribution in [2.24, 2.45) is 0 Å². The highest BCUT2D eigenvalue weighted by molar-refractivity contribution is 5.74. The van der Waals surface area contributed by atoms with Crippen molar-refractivity contribution < 1.29 is 35.9 Å². The van der Waals surface area contributed by atoms with Crippen LogP contribution in [0.5, 0.6) is 5.75 Å². The topological polar surface area (TPSA) is 81.9 Å². The molecule has 2 aromatic heterocycles. The highest BCUT2D eigenvalue weighted by Gasteiger charge is 2.44. The summed E-state index contributed by atoms with van der Waals surface area (Å²) in [6.45, 7) is 0.946. The van der Waals surface area contributed by atoms with Gasteiger partial charge in [-0.05, 0) is 26.0 Å². The monoisotopic (exact) mass is 487 g/mol. The summed E-state index contributed by atoms with van der Waals surface area (Å²) in [5.74, 6) is -9.25. The van der Waals surface area contributed by atoms with Crippen LogP contribution in [0.4, 0.5) is 32.2 Å². The molecule has 0 radical (unpaired) electrons.